The summed E-state index contributed by atoms with van der Waals surface area (Å²) in [4.78, 5) is 33.6. The van der Waals surface area contributed by atoms with Crippen molar-refractivity contribution in [3.8, 4) is 11.3 Å². The largest absolute Gasteiger partial charge is 0.455 e. The molecule has 0 bridgehead atoms. The van der Waals surface area contributed by atoms with Gasteiger partial charge in [0.1, 0.15) is 11.5 Å². The summed E-state index contributed by atoms with van der Waals surface area (Å²) in [5.41, 5.74) is 3.69. The molecule has 4 rings (SSSR count). The van der Waals surface area contributed by atoms with E-state index >= 15 is 0 Å². The van der Waals surface area contributed by atoms with E-state index in [4.69, 9.17) is 4.42 Å². The molecule has 0 spiro atoms. The smallest absolute Gasteiger partial charge is 0.281 e. The van der Waals surface area contributed by atoms with Crippen LogP contribution in [-0.2, 0) is 0 Å². The molecule has 1 N–H and O–H groups in total. The first-order chi connectivity index (χ1) is 15.3. The zero-order valence-electron chi connectivity index (χ0n) is 16.5. The molecular weight excluding hydrogens is 436 g/mol. The van der Waals surface area contributed by atoms with Crippen molar-refractivity contribution in [1.29, 1.82) is 0 Å². The number of fused-ring (bicyclic) bond motifs is 1. The van der Waals surface area contributed by atoms with E-state index in [1.807, 2.05) is 6.92 Å². The van der Waals surface area contributed by atoms with Crippen LogP contribution in [0.2, 0.25) is 0 Å². The van der Waals surface area contributed by atoms with Crippen molar-refractivity contribution in [2.24, 2.45) is 5.10 Å². The van der Waals surface area contributed by atoms with Gasteiger partial charge >= 0.3 is 0 Å². The number of aryl methyl sites for hydroxylation is 1. The summed E-state index contributed by atoms with van der Waals surface area (Å²) < 4.78 is 6.42. The third-order valence-electron chi connectivity index (χ3n) is 4.62. The molecule has 1 amide bonds. The first-order valence-corrected chi connectivity index (χ1v) is 10.00. The van der Waals surface area contributed by atoms with Crippen molar-refractivity contribution in [3.05, 3.63) is 91.0 Å². The van der Waals surface area contributed by atoms with E-state index in [-0.39, 0.29) is 11.4 Å². The molecule has 2 aromatic heterocycles. The summed E-state index contributed by atoms with van der Waals surface area (Å²) in [5, 5.41) is 26.4. The highest BCUT2D eigenvalue weighted by Gasteiger charge is 2.14. The Morgan fingerprint density at radius 1 is 1.03 bits per heavy atom. The normalized spacial score (nSPS) is 11.2. The number of nitro benzene ring substituents is 2. The number of nitro groups is 2. The van der Waals surface area contributed by atoms with E-state index < -0.39 is 15.8 Å². The first kappa shape index (κ1) is 20.9. The summed E-state index contributed by atoms with van der Waals surface area (Å²) >= 11 is 1.19. The SMILES string of the molecule is Cc1ccc([N+](=O)[O-])cc1-c1ccc(/C=N\NC(=O)c2cc3cc([N+](=O)[O-])ccc3s2)o1. The van der Waals surface area contributed by atoms with Gasteiger partial charge in [0.15, 0.2) is 0 Å². The molecule has 0 saturated heterocycles. The number of furan rings is 1. The number of amides is 1. The van der Waals surface area contributed by atoms with Gasteiger partial charge in [-0.3, -0.25) is 25.0 Å². The van der Waals surface area contributed by atoms with Crippen molar-refractivity contribution in [1.82, 2.24) is 5.43 Å². The van der Waals surface area contributed by atoms with Crippen molar-refractivity contribution in [2.75, 3.05) is 0 Å². The van der Waals surface area contributed by atoms with Gasteiger partial charge in [-0.2, -0.15) is 5.10 Å². The molecule has 2 aromatic carbocycles. The molecule has 10 nitrogen and oxygen atoms in total. The molecule has 160 valence electrons. The number of benzene rings is 2. The van der Waals surface area contributed by atoms with Crippen LogP contribution in [0.4, 0.5) is 11.4 Å². The second-order valence-corrected chi connectivity index (χ2v) is 7.83. The molecular formula is C21H14N4O6S. The van der Waals surface area contributed by atoms with Crippen LogP contribution >= 0.6 is 11.3 Å². The average molecular weight is 450 g/mol. The topological polar surface area (TPSA) is 141 Å². The molecule has 0 fully saturated rings. The van der Waals surface area contributed by atoms with Crippen molar-refractivity contribution < 1.29 is 19.1 Å². The van der Waals surface area contributed by atoms with Gasteiger partial charge in [-0.05, 0) is 36.8 Å². The molecule has 0 atom stereocenters. The first-order valence-electron chi connectivity index (χ1n) is 9.18. The number of hydrogen-bond acceptors (Lipinski definition) is 8. The quantitative estimate of drug-likeness (QED) is 0.247. The highest BCUT2D eigenvalue weighted by Crippen LogP contribution is 2.30. The Balaban J connectivity index is 1.47. The Hall–Kier alpha value is -4.38. The predicted octanol–water partition coefficient (Wildman–Crippen LogP) is 5.05. The lowest BCUT2D eigenvalue weighted by atomic mass is 10.1. The molecule has 2 heterocycles. The fourth-order valence-electron chi connectivity index (χ4n) is 3.02. The van der Waals surface area contributed by atoms with Gasteiger partial charge in [0, 0.05) is 39.9 Å². The zero-order valence-corrected chi connectivity index (χ0v) is 17.3. The van der Waals surface area contributed by atoms with Crippen LogP contribution < -0.4 is 5.43 Å². The minimum absolute atomic E-state index is 0.0434. The Kier molecular flexibility index (Phi) is 5.48. The fraction of sp³-hybridized carbons (Fsp3) is 0.0476. The Morgan fingerprint density at radius 3 is 2.50 bits per heavy atom. The monoisotopic (exact) mass is 450 g/mol. The third-order valence-corrected chi connectivity index (χ3v) is 5.73. The Morgan fingerprint density at radius 2 is 1.75 bits per heavy atom. The summed E-state index contributed by atoms with van der Waals surface area (Å²) in [6, 6.07) is 13.7. The van der Waals surface area contributed by atoms with Gasteiger partial charge in [0.2, 0.25) is 0 Å². The van der Waals surface area contributed by atoms with Gasteiger partial charge in [0.25, 0.3) is 17.3 Å². The van der Waals surface area contributed by atoms with Crippen LogP contribution in [0, 0.1) is 27.2 Å². The standard InChI is InChI=1S/C21H14N4O6S/c1-12-2-3-15(25(29)30)10-17(12)18-6-5-16(31-18)11-22-23-21(26)20-9-13-8-14(24(27)28)4-7-19(13)32-20/h2-11H,1H3,(H,23,26)/b22-11-. The Labute approximate surface area is 184 Å². The van der Waals surface area contributed by atoms with Crippen LogP contribution in [0.15, 0.2) is 64.1 Å². The second-order valence-electron chi connectivity index (χ2n) is 6.75. The maximum atomic E-state index is 12.4. The van der Waals surface area contributed by atoms with E-state index in [0.29, 0.717) is 27.3 Å². The summed E-state index contributed by atoms with van der Waals surface area (Å²) in [6.07, 6.45) is 1.31. The lowest BCUT2D eigenvalue weighted by Crippen LogP contribution is -2.15. The number of rotatable bonds is 6. The zero-order chi connectivity index (χ0) is 22.8. The van der Waals surface area contributed by atoms with Gasteiger partial charge in [-0.25, -0.2) is 5.43 Å². The summed E-state index contributed by atoms with van der Waals surface area (Å²) in [6.45, 7) is 1.81. The van der Waals surface area contributed by atoms with Crippen LogP contribution in [0.25, 0.3) is 21.4 Å². The van der Waals surface area contributed by atoms with Crippen LogP contribution in [-0.4, -0.2) is 22.0 Å². The lowest BCUT2D eigenvalue weighted by molar-refractivity contribution is -0.384. The minimum Gasteiger partial charge on any atom is -0.455 e. The number of thiophene rings is 1. The molecule has 0 aliphatic heterocycles. The molecule has 0 aliphatic rings. The number of hydrazone groups is 1. The molecule has 32 heavy (non-hydrogen) atoms. The van der Waals surface area contributed by atoms with Crippen LogP contribution in [0.5, 0.6) is 0 Å². The average Bonchev–Trinajstić information content (AvgIpc) is 3.40. The minimum atomic E-state index is -0.492. The summed E-state index contributed by atoms with van der Waals surface area (Å²) in [7, 11) is 0. The fourth-order valence-corrected chi connectivity index (χ4v) is 3.95. The number of nitrogens with zero attached hydrogens (tertiary/aromatic N) is 3. The van der Waals surface area contributed by atoms with Crippen LogP contribution in [0.1, 0.15) is 21.0 Å². The maximum Gasteiger partial charge on any atom is 0.281 e. The molecule has 0 aliphatic carbocycles. The molecule has 0 radical (unpaired) electrons. The van der Waals surface area contributed by atoms with Crippen molar-refractivity contribution >= 4 is 44.9 Å². The number of carbonyl (C=O) groups is 1. The van der Waals surface area contributed by atoms with E-state index in [1.165, 1.54) is 41.8 Å². The predicted molar refractivity (Wildman–Crippen MR) is 119 cm³/mol. The maximum absolute atomic E-state index is 12.4. The number of carbonyl (C=O) groups excluding carboxylic acids is 1. The molecule has 11 heteroatoms. The second kappa shape index (κ2) is 8.40. The number of hydrogen-bond donors (Lipinski definition) is 1. The summed E-state index contributed by atoms with van der Waals surface area (Å²) in [5.74, 6) is 0.315. The van der Waals surface area contributed by atoms with Crippen molar-refractivity contribution in [3.63, 3.8) is 0 Å². The number of non-ortho nitro benzene ring substituents is 2. The number of nitrogens with one attached hydrogen (secondary N) is 1. The molecule has 0 unspecified atom stereocenters. The molecule has 4 aromatic rings. The third kappa shape index (κ3) is 4.23. The van der Waals surface area contributed by atoms with E-state index in [1.54, 1.807) is 30.3 Å². The van der Waals surface area contributed by atoms with Gasteiger partial charge in [-0.15, -0.1) is 11.3 Å². The van der Waals surface area contributed by atoms with E-state index in [2.05, 4.69) is 10.5 Å². The van der Waals surface area contributed by atoms with Gasteiger partial charge in [-0.1, -0.05) is 6.07 Å². The highest BCUT2D eigenvalue weighted by atomic mass is 32.1. The van der Waals surface area contributed by atoms with Crippen molar-refractivity contribution in [2.45, 2.75) is 6.92 Å². The molecule has 0 saturated carbocycles. The lowest BCUT2D eigenvalue weighted by Gasteiger charge is -2.02. The van der Waals surface area contributed by atoms with Gasteiger partial charge < -0.3 is 4.42 Å². The van der Waals surface area contributed by atoms with E-state index in [9.17, 15) is 25.0 Å². The van der Waals surface area contributed by atoms with Gasteiger partial charge in [0.05, 0.1) is 20.9 Å². The van der Waals surface area contributed by atoms with Crippen LogP contribution in [0.3, 0.4) is 0 Å². The Bertz CT molecular complexity index is 1400. The highest BCUT2D eigenvalue weighted by molar-refractivity contribution is 7.20. The van der Waals surface area contributed by atoms with E-state index in [0.717, 1.165) is 10.3 Å².